The van der Waals surface area contributed by atoms with Crippen LogP contribution in [0.25, 0.3) is 0 Å². The highest BCUT2D eigenvalue weighted by atomic mass is 79.9. The fourth-order valence-electron chi connectivity index (χ4n) is 1.79. The Morgan fingerprint density at radius 1 is 1.33 bits per heavy atom. The van der Waals surface area contributed by atoms with E-state index in [1.54, 1.807) is 12.1 Å². The van der Waals surface area contributed by atoms with E-state index in [0.717, 1.165) is 28.1 Å². The van der Waals surface area contributed by atoms with Gasteiger partial charge < -0.3 is 5.32 Å². The van der Waals surface area contributed by atoms with E-state index in [4.69, 9.17) is 0 Å². The molecule has 0 aliphatic rings. The monoisotopic (exact) mass is 311 g/mol. The molecule has 0 atom stereocenters. The van der Waals surface area contributed by atoms with E-state index in [2.05, 4.69) is 33.3 Å². The molecule has 0 amide bonds. The summed E-state index contributed by atoms with van der Waals surface area (Å²) in [6.07, 6.45) is 0. The molecule has 0 saturated heterocycles. The average molecular weight is 312 g/mol. The summed E-state index contributed by atoms with van der Waals surface area (Å²) in [4.78, 5) is 0. The van der Waals surface area contributed by atoms with Crippen molar-refractivity contribution in [3.05, 3.63) is 45.9 Å². The zero-order valence-corrected chi connectivity index (χ0v) is 12.0. The van der Waals surface area contributed by atoms with Crippen LogP contribution in [-0.4, -0.2) is 9.78 Å². The van der Waals surface area contributed by atoms with Crippen LogP contribution in [0.5, 0.6) is 0 Å². The molecular weight excluding hydrogens is 297 g/mol. The van der Waals surface area contributed by atoms with Crippen LogP contribution in [0, 0.1) is 12.7 Å². The predicted octanol–water partition coefficient (Wildman–Crippen LogP) is 3.73. The van der Waals surface area contributed by atoms with Gasteiger partial charge in [0.15, 0.2) is 0 Å². The van der Waals surface area contributed by atoms with Crippen LogP contribution in [-0.2, 0) is 13.1 Å². The van der Waals surface area contributed by atoms with Crippen molar-refractivity contribution in [3.63, 3.8) is 0 Å². The van der Waals surface area contributed by atoms with Gasteiger partial charge in [-0.2, -0.15) is 5.10 Å². The van der Waals surface area contributed by atoms with Crippen LogP contribution in [0.3, 0.4) is 0 Å². The average Bonchev–Trinajstić information content (AvgIpc) is 2.65. The molecule has 5 heteroatoms. The SMILES string of the molecule is CCn1nc(C)c(Br)c1CNc1ccc(F)cc1. The van der Waals surface area contributed by atoms with Crippen molar-refractivity contribution in [1.82, 2.24) is 9.78 Å². The summed E-state index contributed by atoms with van der Waals surface area (Å²) in [6, 6.07) is 6.34. The van der Waals surface area contributed by atoms with Gasteiger partial charge in [-0.15, -0.1) is 0 Å². The maximum absolute atomic E-state index is 12.8. The van der Waals surface area contributed by atoms with Crippen molar-refractivity contribution < 1.29 is 4.39 Å². The maximum atomic E-state index is 12.8. The number of rotatable bonds is 4. The summed E-state index contributed by atoms with van der Waals surface area (Å²) >= 11 is 3.54. The summed E-state index contributed by atoms with van der Waals surface area (Å²) in [5, 5.41) is 7.68. The van der Waals surface area contributed by atoms with Gasteiger partial charge in [-0.05, 0) is 54.0 Å². The van der Waals surface area contributed by atoms with Crippen LogP contribution in [0.1, 0.15) is 18.3 Å². The Labute approximate surface area is 114 Å². The van der Waals surface area contributed by atoms with E-state index < -0.39 is 0 Å². The number of aryl methyl sites for hydroxylation is 2. The van der Waals surface area contributed by atoms with Crippen molar-refractivity contribution in [3.8, 4) is 0 Å². The fourth-order valence-corrected chi connectivity index (χ4v) is 2.22. The molecule has 96 valence electrons. The molecule has 1 aromatic heterocycles. The van der Waals surface area contributed by atoms with Gasteiger partial charge in [0.2, 0.25) is 0 Å². The molecule has 0 aliphatic carbocycles. The topological polar surface area (TPSA) is 29.9 Å². The Balaban J connectivity index is 2.12. The van der Waals surface area contributed by atoms with Gasteiger partial charge >= 0.3 is 0 Å². The first-order valence-electron chi connectivity index (χ1n) is 5.83. The third kappa shape index (κ3) is 2.72. The number of halogens is 2. The van der Waals surface area contributed by atoms with Crippen LogP contribution >= 0.6 is 15.9 Å². The lowest BCUT2D eigenvalue weighted by atomic mass is 10.3. The van der Waals surface area contributed by atoms with Gasteiger partial charge in [0, 0.05) is 12.2 Å². The second-order valence-corrected chi connectivity index (χ2v) is 4.82. The molecule has 3 nitrogen and oxygen atoms in total. The number of anilines is 1. The highest BCUT2D eigenvalue weighted by Gasteiger charge is 2.11. The Morgan fingerprint density at radius 2 is 2.00 bits per heavy atom. The molecule has 0 spiro atoms. The highest BCUT2D eigenvalue weighted by molar-refractivity contribution is 9.10. The first-order valence-corrected chi connectivity index (χ1v) is 6.62. The number of nitrogens with one attached hydrogen (secondary N) is 1. The Hall–Kier alpha value is -1.36. The molecule has 0 radical (unpaired) electrons. The molecule has 1 heterocycles. The molecule has 1 aromatic carbocycles. The largest absolute Gasteiger partial charge is 0.379 e. The van der Waals surface area contributed by atoms with E-state index in [1.165, 1.54) is 12.1 Å². The molecule has 2 rings (SSSR count). The summed E-state index contributed by atoms with van der Waals surface area (Å²) in [7, 11) is 0. The molecule has 18 heavy (non-hydrogen) atoms. The molecule has 0 fully saturated rings. The molecule has 0 bridgehead atoms. The number of aromatic nitrogens is 2. The summed E-state index contributed by atoms with van der Waals surface area (Å²) in [5.74, 6) is -0.226. The fraction of sp³-hybridized carbons (Fsp3) is 0.308. The Bertz CT molecular complexity index is 534. The molecule has 0 saturated carbocycles. The zero-order valence-electron chi connectivity index (χ0n) is 10.4. The van der Waals surface area contributed by atoms with E-state index in [-0.39, 0.29) is 5.82 Å². The molecule has 0 aliphatic heterocycles. The van der Waals surface area contributed by atoms with Crippen molar-refractivity contribution in [2.45, 2.75) is 26.9 Å². The standard InChI is InChI=1S/C13H15BrFN3/c1-3-18-12(13(14)9(2)17-18)8-16-11-6-4-10(15)5-7-11/h4-7,16H,3,8H2,1-2H3. The van der Waals surface area contributed by atoms with Crippen molar-refractivity contribution >= 4 is 21.6 Å². The van der Waals surface area contributed by atoms with Gasteiger partial charge in [0.05, 0.1) is 22.4 Å². The number of hydrogen-bond acceptors (Lipinski definition) is 2. The summed E-state index contributed by atoms with van der Waals surface area (Å²) in [5.41, 5.74) is 2.97. The summed E-state index contributed by atoms with van der Waals surface area (Å²) < 4.78 is 15.8. The summed E-state index contributed by atoms with van der Waals surface area (Å²) in [6.45, 7) is 5.51. The Kier molecular flexibility index (Phi) is 4.01. The van der Waals surface area contributed by atoms with E-state index >= 15 is 0 Å². The van der Waals surface area contributed by atoms with Gasteiger partial charge in [0.1, 0.15) is 5.82 Å². The van der Waals surface area contributed by atoms with Gasteiger partial charge in [-0.25, -0.2) is 4.39 Å². The normalized spacial score (nSPS) is 10.7. The number of nitrogens with zero attached hydrogens (tertiary/aromatic N) is 2. The van der Waals surface area contributed by atoms with E-state index in [0.29, 0.717) is 6.54 Å². The minimum atomic E-state index is -0.226. The lowest BCUT2D eigenvalue weighted by Gasteiger charge is -2.08. The highest BCUT2D eigenvalue weighted by Crippen LogP contribution is 2.22. The van der Waals surface area contributed by atoms with Crippen molar-refractivity contribution in [2.24, 2.45) is 0 Å². The molecule has 2 aromatic rings. The second kappa shape index (κ2) is 5.52. The minimum Gasteiger partial charge on any atom is -0.379 e. The third-order valence-electron chi connectivity index (χ3n) is 2.76. The van der Waals surface area contributed by atoms with Crippen LogP contribution in [0.2, 0.25) is 0 Å². The first kappa shape index (κ1) is 13.1. The number of benzene rings is 1. The van der Waals surface area contributed by atoms with Gasteiger partial charge in [-0.1, -0.05) is 0 Å². The molecule has 1 N–H and O–H groups in total. The zero-order chi connectivity index (χ0) is 13.1. The van der Waals surface area contributed by atoms with Gasteiger partial charge in [-0.3, -0.25) is 4.68 Å². The lowest BCUT2D eigenvalue weighted by molar-refractivity contribution is 0.621. The van der Waals surface area contributed by atoms with E-state index in [1.807, 2.05) is 11.6 Å². The lowest BCUT2D eigenvalue weighted by Crippen LogP contribution is -2.08. The quantitative estimate of drug-likeness (QED) is 0.932. The van der Waals surface area contributed by atoms with Crippen molar-refractivity contribution in [2.75, 3.05) is 5.32 Å². The second-order valence-electron chi connectivity index (χ2n) is 4.02. The van der Waals surface area contributed by atoms with Crippen LogP contribution in [0.15, 0.2) is 28.7 Å². The number of hydrogen-bond donors (Lipinski definition) is 1. The van der Waals surface area contributed by atoms with Gasteiger partial charge in [0.25, 0.3) is 0 Å². The van der Waals surface area contributed by atoms with Crippen molar-refractivity contribution in [1.29, 1.82) is 0 Å². The molecule has 0 unspecified atom stereocenters. The van der Waals surface area contributed by atoms with E-state index in [9.17, 15) is 4.39 Å². The maximum Gasteiger partial charge on any atom is 0.123 e. The Morgan fingerprint density at radius 3 is 2.61 bits per heavy atom. The van der Waals surface area contributed by atoms with Crippen LogP contribution < -0.4 is 5.32 Å². The van der Waals surface area contributed by atoms with Crippen LogP contribution in [0.4, 0.5) is 10.1 Å². The first-order chi connectivity index (χ1) is 8.61. The smallest absolute Gasteiger partial charge is 0.123 e. The minimum absolute atomic E-state index is 0.226. The molecular formula is C13H15BrFN3. The third-order valence-corrected chi connectivity index (χ3v) is 3.79. The predicted molar refractivity (Wildman–Crippen MR) is 74.1 cm³/mol.